The van der Waals surface area contributed by atoms with Crippen LogP contribution in [0, 0.1) is 0 Å². The predicted molar refractivity (Wildman–Crippen MR) is 114 cm³/mol. The second-order valence-corrected chi connectivity index (χ2v) is 9.74. The first-order chi connectivity index (χ1) is 13.7. The molecule has 0 aliphatic rings. The molecule has 0 heterocycles. The minimum atomic E-state index is -3.20. The van der Waals surface area contributed by atoms with Crippen LogP contribution >= 0.6 is 0 Å². The molecule has 1 rings (SSSR count). The number of amides is 1. The second kappa shape index (κ2) is 13.3. The van der Waals surface area contributed by atoms with Crippen LogP contribution in [0.25, 0.3) is 0 Å². The van der Waals surface area contributed by atoms with E-state index in [0.29, 0.717) is 24.3 Å². The third-order valence-corrected chi connectivity index (χ3v) is 6.36. The molecule has 29 heavy (non-hydrogen) atoms. The first-order valence-electron chi connectivity index (χ1n) is 10.1. The van der Waals surface area contributed by atoms with Crippen LogP contribution in [0.5, 0.6) is 0 Å². The Morgan fingerprint density at radius 1 is 1.00 bits per heavy atom. The Morgan fingerprint density at radius 2 is 1.59 bits per heavy atom. The molecule has 7 nitrogen and oxygen atoms in total. The predicted octanol–water partition coefficient (Wildman–Crippen LogP) is 2.71. The molecule has 0 saturated heterocycles. The molecule has 0 bridgehead atoms. The summed E-state index contributed by atoms with van der Waals surface area (Å²) in [5.74, 6) is -0.880. The molecule has 1 aromatic carbocycles. The molecular formula is C21H34N2O5S. The number of hydrogen-bond donors (Lipinski definition) is 2. The van der Waals surface area contributed by atoms with Gasteiger partial charge in [0.15, 0.2) is 9.84 Å². The Balaban J connectivity index is 2.14. The van der Waals surface area contributed by atoms with Gasteiger partial charge in [-0.05, 0) is 39.1 Å². The summed E-state index contributed by atoms with van der Waals surface area (Å²) in [5, 5.41) is 11.7. The van der Waals surface area contributed by atoms with Crippen LogP contribution in [0.15, 0.2) is 35.2 Å². The molecule has 164 valence electrons. The number of aliphatic carboxylic acids is 1. The fraction of sp³-hybridized carbons (Fsp3) is 0.619. The zero-order chi connectivity index (χ0) is 21.7. The van der Waals surface area contributed by atoms with Crippen molar-refractivity contribution < 1.29 is 23.1 Å². The van der Waals surface area contributed by atoms with Crippen LogP contribution in [-0.4, -0.2) is 62.7 Å². The zero-order valence-corrected chi connectivity index (χ0v) is 18.3. The fourth-order valence-corrected chi connectivity index (χ4v) is 4.53. The number of benzene rings is 1. The van der Waals surface area contributed by atoms with Crippen molar-refractivity contribution in [2.75, 3.05) is 26.4 Å². The maximum Gasteiger partial charge on any atom is 0.305 e. The van der Waals surface area contributed by atoms with E-state index in [2.05, 4.69) is 5.32 Å². The minimum Gasteiger partial charge on any atom is -0.481 e. The number of carboxylic acid groups (broad SMARTS) is 1. The number of sulfone groups is 1. The summed E-state index contributed by atoms with van der Waals surface area (Å²) in [5.41, 5.74) is 0. The zero-order valence-electron chi connectivity index (χ0n) is 17.5. The molecule has 8 heteroatoms. The number of unbranched alkanes of at least 4 members (excludes halogenated alkanes) is 5. The molecular weight excluding hydrogens is 392 g/mol. The van der Waals surface area contributed by atoms with Crippen molar-refractivity contribution in [3.05, 3.63) is 30.3 Å². The van der Waals surface area contributed by atoms with Crippen molar-refractivity contribution in [2.45, 2.75) is 62.3 Å². The lowest BCUT2D eigenvalue weighted by Crippen LogP contribution is -2.42. The van der Waals surface area contributed by atoms with Crippen molar-refractivity contribution in [2.24, 2.45) is 0 Å². The molecule has 0 fully saturated rings. The summed E-state index contributed by atoms with van der Waals surface area (Å²) >= 11 is 0. The van der Waals surface area contributed by atoms with Crippen LogP contribution in [0.2, 0.25) is 0 Å². The summed E-state index contributed by atoms with van der Waals surface area (Å²) < 4.78 is 24.4. The van der Waals surface area contributed by atoms with E-state index in [1.807, 2.05) is 19.0 Å². The number of likely N-dealkylation sites (N-methyl/N-ethyl adjacent to an activating group) is 1. The van der Waals surface area contributed by atoms with E-state index in [1.165, 1.54) is 0 Å². The van der Waals surface area contributed by atoms with Crippen molar-refractivity contribution >= 4 is 21.7 Å². The van der Waals surface area contributed by atoms with E-state index in [-0.39, 0.29) is 24.1 Å². The average molecular weight is 427 g/mol. The van der Waals surface area contributed by atoms with Crippen molar-refractivity contribution in [1.29, 1.82) is 0 Å². The lowest BCUT2D eigenvalue weighted by molar-refractivity contribution is -0.137. The highest BCUT2D eigenvalue weighted by Gasteiger charge is 2.16. The van der Waals surface area contributed by atoms with Gasteiger partial charge >= 0.3 is 5.97 Å². The topological polar surface area (TPSA) is 104 Å². The first kappa shape index (κ1) is 25.1. The van der Waals surface area contributed by atoms with Crippen molar-refractivity contribution in [1.82, 2.24) is 10.2 Å². The molecule has 0 saturated carbocycles. The SMILES string of the molecule is CN(C)C[C@@H](CC(=O)O)NC(=O)CCCCCCCCS(=O)(=O)c1ccccc1. The van der Waals surface area contributed by atoms with Gasteiger partial charge in [0.25, 0.3) is 0 Å². The summed E-state index contributed by atoms with van der Waals surface area (Å²) in [6, 6.07) is 8.12. The van der Waals surface area contributed by atoms with Crippen molar-refractivity contribution in [3.63, 3.8) is 0 Å². The normalized spacial score (nSPS) is 12.7. The smallest absolute Gasteiger partial charge is 0.305 e. The molecule has 0 aliphatic heterocycles. The number of carbonyl (C=O) groups is 2. The third-order valence-electron chi connectivity index (χ3n) is 4.54. The van der Waals surface area contributed by atoms with Crippen LogP contribution in [0.3, 0.4) is 0 Å². The Hall–Kier alpha value is -1.93. The maximum atomic E-state index is 12.2. The summed E-state index contributed by atoms with van der Waals surface area (Å²) in [6.07, 6.45) is 5.32. The van der Waals surface area contributed by atoms with Crippen LogP contribution < -0.4 is 5.32 Å². The first-order valence-corrected chi connectivity index (χ1v) is 11.8. The highest BCUT2D eigenvalue weighted by atomic mass is 32.2. The van der Waals surface area contributed by atoms with Crippen molar-refractivity contribution in [3.8, 4) is 0 Å². The van der Waals surface area contributed by atoms with E-state index in [9.17, 15) is 18.0 Å². The highest BCUT2D eigenvalue weighted by molar-refractivity contribution is 7.91. The van der Waals surface area contributed by atoms with Gasteiger partial charge in [0.1, 0.15) is 0 Å². The average Bonchev–Trinajstić information content (AvgIpc) is 2.63. The van der Waals surface area contributed by atoms with Gasteiger partial charge in [-0.1, -0.05) is 43.9 Å². The lowest BCUT2D eigenvalue weighted by atomic mass is 10.1. The van der Waals surface area contributed by atoms with E-state index in [4.69, 9.17) is 5.11 Å². The molecule has 0 spiro atoms. The van der Waals surface area contributed by atoms with Crippen LogP contribution in [0.4, 0.5) is 0 Å². The molecule has 0 radical (unpaired) electrons. The van der Waals surface area contributed by atoms with Gasteiger partial charge in [-0.25, -0.2) is 8.42 Å². The highest BCUT2D eigenvalue weighted by Crippen LogP contribution is 2.14. The number of hydrogen-bond acceptors (Lipinski definition) is 5. The Bertz CT molecular complexity index is 720. The second-order valence-electron chi connectivity index (χ2n) is 7.63. The minimum absolute atomic E-state index is 0.0875. The van der Waals surface area contributed by atoms with E-state index in [1.54, 1.807) is 30.3 Å². The van der Waals surface area contributed by atoms with Crippen LogP contribution in [-0.2, 0) is 19.4 Å². The number of carbonyl (C=O) groups excluding carboxylic acids is 1. The summed E-state index contributed by atoms with van der Waals surface area (Å²) in [6.45, 7) is 0.490. The molecule has 2 N–H and O–H groups in total. The van der Waals surface area contributed by atoms with E-state index < -0.39 is 15.8 Å². The number of nitrogens with one attached hydrogen (secondary N) is 1. The summed E-state index contributed by atoms with van der Waals surface area (Å²) in [4.78, 5) is 25.1. The number of nitrogens with zero attached hydrogens (tertiary/aromatic N) is 1. The Labute approximate surface area is 174 Å². The Morgan fingerprint density at radius 3 is 2.17 bits per heavy atom. The van der Waals surface area contributed by atoms with Gasteiger partial charge in [0.2, 0.25) is 5.91 Å². The fourth-order valence-electron chi connectivity index (χ4n) is 3.14. The summed E-state index contributed by atoms with van der Waals surface area (Å²) in [7, 11) is 0.483. The van der Waals surface area contributed by atoms with Gasteiger partial charge in [0.05, 0.1) is 23.1 Å². The monoisotopic (exact) mass is 426 g/mol. The molecule has 0 aliphatic carbocycles. The molecule has 0 aromatic heterocycles. The van der Waals surface area contributed by atoms with Gasteiger partial charge in [-0.3, -0.25) is 9.59 Å². The number of rotatable bonds is 15. The largest absolute Gasteiger partial charge is 0.481 e. The molecule has 1 aromatic rings. The van der Waals surface area contributed by atoms with Crippen LogP contribution in [0.1, 0.15) is 51.4 Å². The maximum absolute atomic E-state index is 12.2. The standard InChI is InChI=1S/C21H34N2O5S/c1-23(2)17-18(16-21(25)26)22-20(24)14-10-5-3-4-6-11-15-29(27,28)19-12-8-7-9-13-19/h7-9,12-13,18H,3-6,10-11,14-17H2,1-2H3,(H,22,24)(H,25,26)/t18-/m1/s1. The van der Waals surface area contributed by atoms with Gasteiger partial charge < -0.3 is 15.3 Å². The third kappa shape index (κ3) is 11.6. The molecule has 0 unspecified atom stereocenters. The molecule has 1 atom stereocenters. The lowest BCUT2D eigenvalue weighted by Gasteiger charge is -2.20. The molecule has 1 amide bonds. The Kier molecular flexibility index (Phi) is 11.5. The van der Waals surface area contributed by atoms with Gasteiger partial charge in [0, 0.05) is 13.0 Å². The number of carboxylic acids is 1. The van der Waals surface area contributed by atoms with Gasteiger partial charge in [-0.15, -0.1) is 0 Å². The van der Waals surface area contributed by atoms with Gasteiger partial charge in [-0.2, -0.15) is 0 Å². The quantitative estimate of drug-likeness (QED) is 0.418. The van der Waals surface area contributed by atoms with E-state index >= 15 is 0 Å². The van der Waals surface area contributed by atoms with E-state index in [0.717, 1.165) is 32.1 Å².